The minimum Gasteiger partial charge on any atom is -0.319 e. The Kier molecular flexibility index (Phi) is 8.45. The monoisotopic (exact) mass is 914 g/mol. The number of fused-ring (bicyclic) bond motifs is 6. The van der Waals surface area contributed by atoms with E-state index in [9.17, 15) is 0 Å². The summed E-state index contributed by atoms with van der Waals surface area (Å²) in [7, 11) is 0. The predicted molar refractivity (Wildman–Crippen MR) is 225 cm³/mol. The molecule has 0 amide bonds. The molecule has 0 aliphatic carbocycles. The van der Waals surface area contributed by atoms with Gasteiger partial charge < -0.3 is 9.55 Å². The van der Waals surface area contributed by atoms with Gasteiger partial charge in [0.1, 0.15) is 0 Å². The molecule has 11 aromatic rings. The third kappa shape index (κ3) is 5.66. The average molecular weight is 914 g/mol. The molecule has 6 aromatic carbocycles. The van der Waals surface area contributed by atoms with Crippen LogP contribution in [-0.4, -0.2) is 29.1 Å². The Bertz CT molecular complexity index is 3130. The fourth-order valence-electron chi connectivity index (χ4n) is 7.67. The summed E-state index contributed by atoms with van der Waals surface area (Å²) in [5.74, 6) is 1.79. The molecule has 0 atom stereocenters. The van der Waals surface area contributed by atoms with E-state index in [1.165, 1.54) is 10.8 Å². The molecule has 0 aliphatic heterocycles. The smallest absolute Gasteiger partial charge is 0.238 e. The van der Waals surface area contributed by atoms with E-state index in [2.05, 4.69) is 111 Å². The molecule has 0 saturated carbocycles. The zero-order valence-corrected chi connectivity index (χ0v) is 32.9. The Morgan fingerprint density at radius 2 is 1.07 bits per heavy atom. The van der Waals surface area contributed by atoms with Gasteiger partial charge in [0.2, 0.25) is 5.95 Å². The van der Waals surface area contributed by atoms with Crippen LogP contribution in [0.1, 0.15) is 0 Å². The van der Waals surface area contributed by atoms with E-state index in [-0.39, 0.29) is 20.1 Å². The molecule has 5 aromatic heterocycles. The van der Waals surface area contributed by atoms with Gasteiger partial charge in [-0.3, -0.25) is 4.57 Å². The van der Waals surface area contributed by atoms with Crippen molar-refractivity contribution in [1.29, 1.82) is 0 Å². The maximum atomic E-state index is 5.22. The van der Waals surface area contributed by atoms with Crippen LogP contribution in [0, 0.1) is 6.07 Å². The number of thiophene rings is 1. The molecule has 0 bridgehead atoms. The van der Waals surface area contributed by atoms with E-state index in [1.807, 2.05) is 85.1 Å². The Balaban J connectivity index is 0.00000384. The van der Waals surface area contributed by atoms with Crippen molar-refractivity contribution >= 4 is 54.9 Å². The first-order valence-electron chi connectivity index (χ1n) is 18.1. The summed E-state index contributed by atoms with van der Waals surface area (Å²) in [6.45, 7) is 0. The molecule has 0 N–H and O–H groups in total. The normalized spacial score (nSPS) is 11.4. The average Bonchev–Trinajstić information content (AvgIpc) is 3.97. The molecule has 6 nitrogen and oxygen atoms in total. The van der Waals surface area contributed by atoms with Gasteiger partial charge in [-0.25, -0.2) is 16.3 Å². The van der Waals surface area contributed by atoms with Crippen molar-refractivity contribution < 1.29 is 20.1 Å². The molecule has 0 fully saturated rings. The van der Waals surface area contributed by atoms with Crippen molar-refractivity contribution in [3.63, 3.8) is 0 Å². The number of rotatable bonds is 6. The number of para-hydroxylation sites is 2. The summed E-state index contributed by atoms with van der Waals surface area (Å²) in [6.07, 6.45) is 1.83. The van der Waals surface area contributed by atoms with Gasteiger partial charge in [0, 0.05) is 64.7 Å². The third-order valence-corrected chi connectivity index (χ3v) is 11.3. The number of pyridine rings is 1. The van der Waals surface area contributed by atoms with Crippen LogP contribution in [0.3, 0.4) is 0 Å². The molecule has 11 rings (SSSR count). The van der Waals surface area contributed by atoms with E-state index in [4.69, 9.17) is 15.0 Å². The molecule has 267 valence electrons. The van der Waals surface area contributed by atoms with Crippen LogP contribution in [0.2, 0.25) is 0 Å². The van der Waals surface area contributed by atoms with E-state index in [0.29, 0.717) is 17.6 Å². The molecule has 8 heteroatoms. The van der Waals surface area contributed by atoms with Gasteiger partial charge in [-0.2, -0.15) is 22.1 Å². The second-order valence-electron chi connectivity index (χ2n) is 13.5. The fraction of sp³-hybridized carbons (Fsp3) is 0. The maximum absolute atomic E-state index is 5.22. The van der Waals surface area contributed by atoms with Gasteiger partial charge in [-0.05, 0) is 48.2 Å². The van der Waals surface area contributed by atoms with Gasteiger partial charge in [0.25, 0.3) is 0 Å². The van der Waals surface area contributed by atoms with Gasteiger partial charge in [-0.15, -0.1) is 0 Å². The predicted octanol–water partition coefficient (Wildman–Crippen LogP) is 12.0. The van der Waals surface area contributed by atoms with Crippen LogP contribution >= 0.6 is 11.3 Å². The van der Waals surface area contributed by atoms with Crippen LogP contribution in [0.15, 0.2) is 176 Å². The second kappa shape index (κ2) is 13.9. The third-order valence-electron chi connectivity index (χ3n) is 10.2. The van der Waals surface area contributed by atoms with Crippen molar-refractivity contribution in [3.8, 4) is 55.4 Å². The maximum Gasteiger partial charge on any atom is 0.238 e. The summed E-state index contributed by atoms with van der Waals surface area (Å²) < 4.78 is 4.57. The quantitative estimate of drug-likeness (QED) is 0.156. The largest absolute Gasteiger partial charge is 0.319 e. The Morgan fingerprint density at radius 1 is 0.464 bits per heavy atom. The van der Waals surface area contributed by atoms with Gasteiger partial charge >= 0.3 is 0 Å². The molecule has 1 radical (unpaired) electrons. The van der Waals surface area contributed by atoms with Crippen LogP contribution in [-0.2, 0) is 20.1 Å². The minimum absolute atomic E-state index is 0. The second-order valence-corrected chi connectivity index (χ2v) is 14.5. The van der Waals surface area contributed by atoms with Crippen LogP contribution in [0.4, 0.5) is 0 Å². The molecule has 5 heterocycles. The van der Waals surface area contributed by atoms with E-state index >= 15 is 0 Å². The number of nitrogens with zero attached hydrogens (tertiary/aromatic N) is 6. The molecule has 56 heavy (non-hydrogen) atoms. The Morgan fingerprint density at radius 3 is 1.79 bits per heavy atom. The van der Waals surface area contributed by atoms with E-state index in [0.717, 1.165) is 70.7 Å². The Hall–Kier alpha value is -6.57. The molecular weight excluding hydrogens is 885 g/mol. The summed E-state index contributed by atoms with van der Waals surface area (Å²) in [5, 5.41) is 4.62. The molecular formula is C48H29IrN6S-. The summed E-state index contributed by atoms with van der Waals surface area (Å²) in [5.41, 5.74) is 9.28. The van der Waals surface area contributed by atoms with E-state index < -0.39 is 0 Å². The van der Waals surface area contributed by atoms with Crippen molar-refractivity contribution in [2.75, 3.05) is 0 Å². The fourth-order valence-corrected chi connectivity index (χ4v) is 8.59. The summed E-state index contributed by atoms with van der Waals surface area (Å²) in [6, 6.07) is 62.4. The van der Waals surface area contributed by atoms with Gasteiger partial charge in [0.05, 0.1) is 22.1 Å². The first-order valence-corrected chi connectivity index (χ1v) is 19.0. The topological polar surface area (TPSA) is 61.4 Å². The first-order chi connectivity index (χ1) is 27.3. The van der Waals surface area contributed by atoms with Gasteiger partial charge in [0.15, 0.2) is 11.6 Å². The number of hydrogen-bond donors (Lipinski definition) is 0. The van der Waals surface area contributed by atoms with E-state index in [1.54, 1.807) is 11.3 Å². The van der Waals surface area contributed by atoms with Crippen molar-refractivity contribution in [1.82, 2.24) is 29.1 Å². The van der Waals surface area contributed by atoms with Crippen molar-refractivity contribution in [2.45, 2.75) is 0 Å². The summed E-state index contributed by atoms with van der Waals surface area (Å²) >= 11 is 1.70. The standard InChI is InChI=1S/C48H29N6S.Ir/c1-4-14-31(15-5-1)46-50-47(32-16-6-2-7-17-32)52-48(51-46)54-41-24-23-33(44-25-26-45(55-44)39-21-12-13-27-49-39)28-36(41)38-29-37-35-20-10-11-22-40(35)53(42(37)30-43(38)54)34-18-8-3-9-19-34;/h1-25,27-30H;/q-1;. The Labute approximate surface area is 339 Å². The van der Waals surface area contributed by atoms with Crippen molar-refractivity contribution in [3.05, 3.63) is 182 Å². The van der Waals surface area contributed by atoms with Crippen LogP contribution in [0.25, 0.3) is 99.0 Å². The van der Waals surface area contributed by atoms with Crippen LogP contribution in [0.5, 0.6) is 0 Å². The first kappa shape index (κ1) is 34.0. The SMILES string of the molecule is [Ir].[c-]1cc(-c2ccc3c(c2)c2cc4c5ccccc5n(-c5ccccc5)c4cc2n3-c2nc(-c3ccccc3)nc(-c3ccccc3)n2)sc1-c1ccccn1. The number of benzene rings is 6. The molecule has 0 spiro atoms. The zero-order valence-electron chi connectivity index (χ0n) is 29.7. The van der Waals surface area contributed by atoms with Crippen molar-refractivity contribution in [2.24, 2.45) is 0 Å². The zero-order chi connectivity index (χ0) is 36.3. The number of hydrogen-bond acceptors (Lipinski definition) is 5. The number of aromatic nitrogens is 6. The molecule has 0 saturated heterocycles. The van der Waals surface area contributed by atoms with Gasteiger partial charge in [-0.1, -0.05) is 137 Å². The molecule has 0 unspecified atom stereocenters. The van der Waals surface area contributed by atoms with Crippen LogP contribution < -0.4 is 0 Å². The minimum atomic E-state index is 0. The molecule has 0 aliphatic rings. The summed E-state index contributed by atoms with van der Waals surface area (Å²) in [4.78, 5) is 22.2.